The lowest BCUT2D eigenvalue weighted by Crippen LogP contribution is -2.39. The predicted octanol–water partition coefficient (Wildman–Crippen LogP) is 4.11. The summed E-state index contributed by atoms with van der Waals surface area (Å²) in [5.74, 6) is 0.955. The molecule has 2 N–H and O–H groups in total. The summed E-state index contributed by atoms with van der Waals surface area (Å²) in [6.45, 7) is -1.14. The maximum atomic E-state index is 12.9. The highest BCUT2D eigenvalue weighted by Gasteiger charge is 2.39. The zero-order valence-electron chi connectivity index (χ0n) is 17.2. The Morgan fingerprint density at radius 3 is 2.44 bits per heavy atom. The summed E-state index contributed by atoms with van der Waals surface area (Å²) in [5, 5.41) is 10.2. The van der Waals surface area contributed by atoms with Crippen LogP contribution in [0.5, 0.6) is 11.5 Å². The van der Waals surface area contributed by atoms with Crippen LogP contribution < -0.4 is 16.0 Å². The minimum absolute atomic E-state index is 0.151. The van der Waals surface area contributed by atoms with Crippen molar-refractivity contribution in [1.29, 1.82) is 0 Å². The molecule has 0 aliphatic heterocycles. The molecule has 8 nitrogen and oxygen atoms in total. The number of benzene rings is 2. The van der Waals surface area contributed by atoms with Crippen molar-refractivity contribution in [1.82, 2.24) is 19.1 Å². The van der Waals surface area contributed by atoms with Crippen LogP contribution in [0.2, 0.25) is 10.0 Å². The first-order chi connectivity index (χ1) is 16.0. The van der Waals surface area contributed by atoms with Gasteiger partial charge in [0.05, 0.1) is 11.6 Å². The lowest BCUT2D eigenvalue weighted by molar-refractivity contribution is -0.207. The van der Waals surface area contributed by atoms with Crippen molar-refractivity contribution in [3.8, 4) is 22.9 Å². The van der Waals surface area contributed by atoms with Crippen molar-refractivity contribution in [2.75, 3.05) is 0 Å². The van der Waals surface area contributed by atoms with Crippen LogP contribution >= 0.6 is 23.2 Å². The van der Waals surface area contributed by atoms with Crippen LogP contribution in [0.4, 0.5) is 13.2 Å². The Bertz CT molecular complexity index is 1490. The number of halogens is 5. The van der Waals surface area contributed by atoms with E-state index in [1.165, 1.54) is 17.7 Å². The molecule has 0 bridgehead atoms. The van der Waals surface area contributed by atoms with Gasteiger partial charge in [0.25, 0.3) is 5.56 Å². The second kappa shape index (κ2) is 8.82. The van der Waals surface area contributed by atoms with Gasteiger partial charge in [0.1, 0.15) is 17.3 Å². The maximum Gasteiger partial charge on any atom is 0.416 e. The number of rotatable bonds is 5. The number of H-pyrrole nitrogens is 1. The molecule has 34 heavy (non-hydrogen) atoms. The Labute approximate surface area is 198 Å². The van der Waals surface area contributed by atoms with Crippen molar-refractivity contribution in [2.45, 2.75) is 18.8 Å². The molecule has 2 aromatic carbocycles. The Morgan fingerprint density at radius 1 is 1.15 bits per heavy atom. The molecule has 0 saturated heterocycles. The van der Waals surface area contributed by atoms with Gasteiger partial charge in [0.15, 0.2) is 17.3 Å². The summed E-state index contributed by atoms with van der Waals surface area (Å²) in [5.41, 5.74) is -2.03. The molecule has 2 aromatic heterocycles. The van der Waals surface area contributed by atoms with Gasteiger partial charge >= 0.3 is 11.9 Å². The van der Waals surface area contributed by atoms with Gasteiger partial charge in [-0.25, -0.2) is 9.78 Å². The summed E-state index contributed by atoms with van der Waals surface area (Å²) < 4.78 is 46.2. The van der Waals surface area contributed by atoms with Gasteiger partial charge < -0.3 is 14.4 Å². The van der Waals surface area contributed by atoms with Crippen molar-refractivity contribution < 1.29 is 23.0 Å². The second-order valence-corrected chi connectivity index (χ2v) is 8.14. The predicted molar refractivity (Wildman–Crippen MR) is 120 cm³/mol. The highest BCUT2D eigenvalue weighted by atomic mass is 35.5. The lowest BCUT2D eigenvalue weighted by atomic mass is 10.2. The zero-order chi connectivity index (χ0) is 24.8. The number of ether oxygens (including phenoxy) is 1. The number of aliphatic hydroxyl groups is 1. The molecule has 0 radical (unpaired) electrons. The standard InChI is InChI=1S/C21H15Cl2F3N4O4/c1-29-16-18(30(20(33)28-19(16)32)9-15(31)21(24,25)26)27-17(29)10-2-7-14(13(23)8-10)34-12-5-3-11(22)4-6-12/h2-8,15,31H,9H2,1H3,(H,28,32,33). The third-order valence-corrected chi connectivity index (χ3v) is 5.53. The van der Waals surface area contributed by atoms with E-state index in [-0.39, 0.29) is 22.0 Å². The molecule has 0 spiro atoms. The van der Waals surface area contributed by atoms with Crippen molar-refractivity contribution >= 4 is 34.4 Å². The molecule has 0 saturated carbocycles. The Kier molecular flexibility index (Phi) is 6.19. The molecule has 13 heteroatoms. The average Bonchev–Trinajstić information content (AvgIpc) is 3.10. The molecule has 0 aliphatic rings. The first-order valence-corrected chi connectivity index (χ1v) is 10.4. The van der Waals surface area contributed by atoms with Crippen LogP contribution in [-0.4, -0.2) is 36.5 Å². The Balaban J connectivity index is 1.77. The summed E-state index contributed by atoms with van der Waals surface area (Å²) in [6.07, 6.45) is -7.80. The number of nitrogens with zero attached hydrogens (tertiary/aromatic N) is 3. The van der Waals surface area contributed by atoms with Gasteiger partial charge in [-0.2, -0.15) is 13.2 Å². The minimum atomic E-state index is -4.97. The smallest absolute Gasteiger partial charge is 0.416 e. The number of aromatic nitrogens is 4. The minimum Gasteiger partial charge on any atom is -0.456 e. The van der Waals surface area contributed by atoms with Crippen LogP contribution in [0.1, 0.15) is 0 Å². The van der Waals surface area contributed by atoms with E-state index in [0.29, 0.717) is 26.7 Å². The number of aromatic amines is 1. The molecule has 0 fully saturated rings. The molecule has 0 aliphatic carbocycles. The monoisotopic (exact) mass is 514 g/mol. The van der Waals surface area contributed by atoms with Crippen molar-refractivity contribution in [3.63, 3.8) is 0 Å². The van der Waals surface area contributed by atoms with E-state index in [1.54, 1.807) is 36.4 Å². The zero-order valence-corrected chi connectivity index (χ0v) is 18.7. The van der Waals surface area contributed by atoms with Gasteiger partial charge in [0.2, 0.25) is 0 Å². The molecule has 2 heterocycles. The Morgan fingerprint density at radius 2 is 1.82 bits per heavy atom. The second-order valence-electron chi connectivity index (χ2n) is 7.30. The van der Waals surface area contributed by atoms with E-state index in [2.05, 4.69) is 4.98 Å². The van der Waals surface area contributed by atoms with Crippen LogP contribution in [0.25, 0.3) is 22.6 Å². The van der Waals surface area contributed by atoms with E-state index in [1.807, 2.05) is 4.98 Å². The summed E-state index contributed by atoms with van der Waals surface area (Å²) >= 11 is 12.2. The fraction of sp³-hybridized carbons (Fsp3) is 0.190. The van der Waals surface area contributed by atoms with Gasteiger partial charge in [-0.05, 0) is 42.5 Å². The number of aryl methyl sites for hydroxylation is 1. The number of aliphatic hydroxyl groups excluding tert-OH is 1. The first-order valence-electron chi connectivity index (χ1n) is 9.63. The summed E-state index contributed by atoms with van der Waals surface area (Å²) in [7, 11) is 1.46. The molecular formula is C21H15Cl2F3N4O4. The fourth-order valence-corrected chi connectivity index (χ4v) is 3.65. The maximum absolute atomic E-state index is 12.9. The van der Waals surface area contributed by atoms with Gasteiger partial charge in [0, 0.05) is 17.6 Å². The van der Waals surface area contributed by atoms with Crippen LogP contribution in [0, 0.1) is 0 Å². The highest BCUT2D eigenvalue weighted by molar-refractivity contribution is 6.32. The number of hydrogen-bond donors (Lipinski definition) is 2. The molecule has 4 aromatic rings. The molecular weight excluding hydrogens is 500 g/mol. The van der Waals surface area contributed by atoms with Crippen molar-refractivity contribution in [2.24, 2.45) is 7.05 Å². The van der Waals surface area contributed by atoms with E-state index >= 15 is 0 Å². The van der Waals surface area contributed by atoms with Gasteiger partial charge in [-0.3, -0.25) is 14.3 Å². The lowest BCUT2D eigenvalue weighted by Gasteiger charge is -2.15. The van der Waals surface area contributed by atoms with Gasteiger partial charge in [-0.1, -0.05) is 23.2 Å². The first kappa shape index (κ1) is 23.9. The van der Waals surface area contributed by atoms with E-state index in [0.717, 1.165) is 0 Å². The van der Waals surface area contributed by atoms with Crippen LogP contribution in [0.15, 0.2) is 52.1 Å². The third-order valence-electron chi connectivity index (χ3n) is 4.98. The van der Waals surface area contributed by atoms with Gasteiger partial charge in [-0.15, -0.1) is 0 Å². The molecule has 1 unspecified atom stereocenters. The molecule has 178 valence electrons. The molecule has 1 atom stereocenters. The quantitative estimate of drug-likeness (QED) is 0.417. The summed E-state index contributed by atoms with van der Waals surface area (Å²) in [6, 6.07) is 11.2. The van der Waals surface area contributed by atoms with E-state index in [9.17, 15) is 27.9 Å². The van der Waals surface area contributed by atoms with E-state index in [4.69, 9.17) is 27.9 Å². The molecule has 4 rings (SSSR count). The molecule has 0 amide bonds. The van der Waals surface area contributed by atoms with E-state index < -0.39 is 30.1 Å². The number of fused-ring (bicyclic) bond motifs is 1. The Hall–Kier alpha value is -3.28. The topological polar surface area (TPSA) is 102 Å². The summed E-state index contributed by atoms with van der Waals surface area (Å²) in [4.78, 5) is 30.7. The van der Waals surface area contributed by atoms with Crippen LogP contribution in [0.3, 0.4) is 0 Å². The third kappa shape index (κ3) is 4.54. The van der Waals surface area contributed by atoms with Crippen molar-refractivity contribution in [3.05, 3.63) is 73.3 Å². The normalized spacial score (nSPS) is 12.8. The number of nitrogens with one attached hydrogen (secondary N) is 1. The number of hydrogen-bond acceptors (Lipinski definition) is 5. The highest BCUT2D eigenvalue weighted by Crippen LogP contribution is 2.34. The number of alkyl halides is 3. The largest absolute Gasteiger partial charge is 0.456 e. The van der Waals surface area contributed by atoms with Crippen LogP contribution in [-0.2, 0) is 13.6 Å². The fourth-order valence-electron chi connectivity index (χ4n) is 3.30. The SMILES string of the molecule is Cn1c(-c2ccc(Oc3ccc(Cl)cc3)c(Cl)c2)nc2c1c(=O)[nH]c(=O)n2CC(O)C(F)(F)F. The average molecular weight is 515 g/mol. The number of imidazole rings is 1.